The molecule has 2 rings (SSSR count). The van der Waals surface area contributed by atoms with E-state index in [1.807, 2.05) is 0 Å². The predicted octanol–water partition coefficient (Wildman–Crippen LogP) is 0.999. The monoisotopic (exact) mass is 692 g/mol. The minimum atomic E-state index is -1.70. The van der Waals surface area contributed by atoms with E-state index in [9.17, 15) is 40.5 Å². The lowest BCUT2D eigenvalue weighted by atomic mass is 9.98. The van der Waals surface area contributed by atoms with Crippen LogP contribution in [0.2, 0.25) is 0 Å². The van der Waals surface area contributed by atoms with Crippen molar-refractivity contribution in [3.63, 3.8) is 0 Å². The van der Waals surface area contributed by atoms with Crippen molar-refractivity contribution in [2.45, 2.75) is 152 Å². The van der Waals surface area contributed by atoms with Crippen molar-refractivity contribution in [2.75, 3.05) is 33.0 Å². The number of allylic oxidation sites excluding steroid dienone is 4. The summed E-state index contributed by atoms with van der Waals surface area (Å²) in [6.45, 7) is 2.96. The van der Waals surface area contributed by atoms with Crippen LogP contribution in [0.15, 0.2) is 24.3 Å². The van der Waals surface area contributed by atoms with E-state index in [1.165, 1.54) is 19.3 Å². The molecule has 14 nitrogen and oxygen atoms in total. The lowest BCUT2D eigenvalue weighted by Gasteiger charge is -2.42. The van der Waals surface area contributed by atoms with Gasteiger partial charge in [-0.3, -0.25) is 4.79 Å². The van der Waals surface area contributed by atoms with Gasteiger partial charge in [-0.05, 0) is 32.1 Å². The summed E-state index contributed by atoms with van der Waals surface area (Å²) in [5.74, 6) is -0.471. The van der Waals surface area contributed by atoms with Crippen molar-refractivity contribution in [3.8, 4) is 0 Å². The normalized spacial score (nSPS) is 31.9. The van der Waals surface area contributed by atoms with Crippen LogP contribution in [0, 0.1) is 0 Å². The number of esters is 1. The molecule has 0 aromatic rings. The molecule has 0 saturated carbocycles. The average Bonchev–Trinajstić information content (AvgIpc) is 3.09. The maximum atomic E-state index is 12.0. The Morgan fingerprint density at radius 1 is 0.688 bits per heavy atom. The van der Waals surface area contributed by atoms with Crippen LogP contribution >= 0.6 is 0 Å². The Balaban J connectivity index is 1.72. The maximum absolute atomic E-state index is 12.0. The highest BCUT2D eigenvalue weighted by Crippen LogP contribution is 2.26. The van der Waals surface area contributed by atoms with Gasteiger partial charge in [0.2, 0.25) is 0 Å². The third-order valence-electron chi connectivity index (χ3n) is 8.25. The molecule has 280 valence electrons. The van der Waals surface area contributed by atoms with Crippen molar-refractivity contribution in [1.29, 1.82) is 0 Å². The van der Waals surface area contributed by atoms with E-state index in [2.05, 4.69) is 31.2 Å². The number of carbonyl (C=O) groups excluding carboxylic acids is 1. The van der Waals surface area contributed by atoms with Crippen molar-refractivity contribution in [2.24, 2.45) is 0 Å². The van der Waals surface area contributed by atoms with Gasteiger partial charge in [-0.2, -0.15) is 0 Å². The Bertz CT molecular complexity index is 901. The molecule has 2 aliphatic rings. The molecule has 11 atom stereocenters. The van der Waals surface area contributed by atoms with Crippen LogP contribution in [-0.4, -0.2) is 142 Å². The quantitative estimate of drug-likeness (QED) is 0.0427. The molecule has 0 amide bonds. The Hall–Kier alpha value is -1.53. The fourth-order valence-electron chi connectivity index (χ4n) is 5.24. The second kappa shape index (κ2) is 24.6. The van der Waals surface area contributed by atoms with E-state index in [-0.39, 0.29) is 19.6 Å². The van der Waals surface area contributed by atoms with Crippen molar-refractivity contribution >= 4 is 5.97 Å². The standard InChI is InChI=1S/C34H60O14/c1-3-5-6-7-8-9-10-11-12-13-14-15-16-17-18-43-20-23(46-26(36)4-2)21-44-33-32(42)30(40)28(38)25(48-33)22-45-34-31(41)29(39)27(37)24(19-35)47-34/h6-7,9-10,23-25,27-35,37-42H,3-5,8,11-22H2,1-2H3/b7-6-,10-9-. The molecule has 2 heterocycles. The molecule has 0 radical (unpaired) electrons. The molecular weight excluding hydrogens is 632 g/mol. The zero-order valence-corrected chi connectivity index (χ0v) is 28.5. The SMILES string of the molecule is CCC/C=C\C/C=C\CCCCCCCCOCC(COC1OC(COC2OC(CO)C(O)C(O)C2O)C(O)C(O)C1O)OC(=O)CC. The van der Waals surface area contributed by atoms with Gasteiger partial charge in [-0.25, -0.2) is 0 Å². The van der Waals surface area contributed by atoms with E-state index < -0.39 is 86.7 Å². The first-order valence-electron chi connectivity index (χ1n) is 17.4. The van der Waals surface area contributed by atoms with Gasteiger partial charge in [0, 0.05) is 13.0 Å². The van der Waals surface area contributed by atoms with Gasteiger partial charge in [0.15, 0.2) is 12.6 Å². The largest absolute Gasteiger partial charge is 0.457 e. The van der Waals surface area contributed by atoms with Crippen molar-refractivity contribution < 1.29 is 69.0 Å². The number of aliphatic hydroxyl groups excluding tert-OH is 7. The summed E-state index contributed by atoms with van der Waals surface area (Å²) in [5.41, 5.74) is 0. The highest BCUT2D eigenvalue weighted by Gasteiger charge is 2.47. The summed E-state index contributed by atoms with van der Waals surface area (Å²) in [4.78, 5) is 12.0. The fourth-order valence-corrected chi connectivity index (χ4v) is 5.24. The Kier molecular flexibility index (Phi) is 21.8. The number of hydrogen-bond acceptors (Lipinski definition) is 14. The second-order valence-electron chi connectivity index (χ2n) is 12.3. The topological polar surface area (TPSA) is 214 Å². The molecule has 0 bridgehead atoms. The maximum Gasteiger partial charge on any atom is 0.305 e. The number of ether oxygens (including phenoxy) is 6. The number of unbranched alkanes of at least 4 members (excludes halogenated alkanes) is 7. The average molecular weight is 693 g/mol. The molecule has 2 aliphatic heterocycles. The Labute approximate surface area is 284 Å². The minimum absolute atomic E-state index is 0.0450. The first-order valence-corrected chi connectivity index (χ1v) is 17.4. The number of rotatable bonds is 24. The Morgan fingerprint density at radius 3 is 1.92 bits per heavy atom. The molecule has 0 aromatic carbocycles. The molecule has 7 N–H and O–H groups in total. The van der Waals surface area contributed by atoms with E-state index >= 15 is 0 Å². The van der Waals surface area contributed by atoms with Gasteiger partial charge in [0.05, 0.1) is 26.4 Å². The van der Waals surface area contributed by atoms with E-state index in [4.69, 9.17) is 28.4 Å². The number of hydrogen-bond donors (Lipinski definition) is 7. The van der Waals surface area contributed by atoms with Gasteiger partial charge in [0.25, 0.3) is 0 Å². The van der Waals surface area contributed by atoms with Gasteiger partial charge in [0.1, 0.15) is 54.9 Å². The zero-order chi connectivity index (χ0) is 35.3. The van der Waals surface area contributed by atoms with Crippen molar-refractivity contribution in [1.82, 2.24) is 0 Å². The van der Waals surface area contributed by atoms with Crippen molar-refractivity contribution in [3.05, 3.63) is 24.3 Å². The smallest absolute Gasteiger partial charge is 0.305 e. The molecule has 0 aliphatic carbocycles. The van der Waals surface area contributed by atoms with Gasteiger partial charge in [-0.1, -0.05) is 70.3 Å². The summed E-state index contributed by atoms with van der Waals surface area (Å²) in [7, 11) is 0. The molecule has 0 aromatic heterocycles. The van der Waals surface area contributed by atoms with Crippen LogP contribution in [0.25, 0.3) is 0 Å². The molecular formula is C34H60O14. The van der Waals surface area contributed by atoms with Gasteiger partial charge < -0.3 is 64.2 Å². The molecule has 48 heavy (non-hydrogen) atoms. The Morgan fingerprint density at radius 2 is 1.27 bits per heavy atom. The third-order valence-corrected chi connectivity index (χ3v) is 8.25. The summed E-state index contributed by atoms with van der Waals surface area (Å²) in [6, 6.07) is 0. The lowest BCUT2D eigenvalue weighted by Crippen LogP contribution is -2.61. The van der Waals surface area contributed by atoms with E-state index in [1.54, 1.807) is 6.92 Å². The highest BCUT2D eigenvalue weighted by molar-refractivity contribution is 5.69. The summed E-state index contributed by atoms with van der Waals surface area (Å²) in [5, 5.41) is 70.8. The summed E-state index contributed by atoms with van der Waals surface area (Å²) in [6.07, 6.45) is 3.81. The summed E-state index contributed by atoms with van der Waals surface area (Å²) < 4.78 is 33.2. The predicted molar refractivity (Wildman–Crippen MR) is 173 cm³/mol. The molecule has 11 unspecified atom stereocenters. The molecule has 0 spiro atoms. The first kappa shape index (κ1) is 42.6. The van der Waals surface area contributed by atoms with E-state index in [0.717, 1.165) is 44.9 Å². The molecule has 2 fully saturated rings. The second-order valence-corrected chi connectivity index (χ2v) is 12.3. The fraction of sp³-hybridized carbons (Fsp3) is 0.853. The van der Waals surface area contributed by atoms with Crippen LogP contribution in [0.3, 0.4) is 0 Å². The number of carbonyl (C=O) groups is 1. The van der Waals surface area contributed by atoms with Crippen LogP contribution in [0.4, 0.5) is 0 Å². The van der Waals surface area contributed by atoms with Crippen LogP contribution in [0.5, 0.6) is 0 Å². The van der Waals surface area contributed by atoms with Crippen LogP contribution < -0.4 is 0 Å². The van der Waals surface area contributed by atoms with Gasteiger partial charge >= 0.3 is 5.97 Å². The van der Waals surface area contributed by atoms with Crippen LogP contribution in [0.1, 0.15) is 84.5 Å². The highest BCUT2D eigenvalue weighted by atomic mass is 16.7. The van der Waals surface area contributed by atoms with Crippen LogP contribution in [-0.2, 0) is 33.2 Å². The number of aliphatic hydroxyl groups is 7. The molecule has 2 saturated heterocycles. The van der Waals surface area contributed by atoms with E-state index in [0.29, 0.717) is 6.61 Å². The lowest BCUT2D eigenvalue weighted by molar-refractivity contribution is -0.332. The summed E-state index contributed by atoms with van der Waals surface area (Å²) >= 11 is 0. The minimum Gasteiger partial charge on any atom is -0.457 e. The molecule has 14 heteroatoms. The first-order chi connectivity index (χ1) is 23.1. The third kappa shape index (κ3) is 15.2. The zero-order valence-electron chi connectivity index (χ0n) is 28.5. The van der Waals surface area contributed by atoms with Gasteiger partial charge in [-0.15, -0.1) is 0 Å².